The molecule has 19 heavy (non-hydrogen) atoms. The predicted octanol–water partition coefficient (Wildman–Crippen LogP) is 2.29. The topological polar surface area (TPSA) is 23.6 Å². The molecule has 0 atom stereocenters. The molecule has 106 valence electrons. The first-order chi connectivity index (χ1) is 9.08. The van der Waals surface area contributed by atoms with Crippen molar-refractivity contribution in [2.24, 2.45) is 0 Å². The van der Waals surface area contributed by atoms with Crippen molar-refractivity contribution >= 4 is 17.7 Å². The largest absolute Gasteiger partial charge is 0.302 e. The molecule has 0 N–H and O–H groups in total. The maximum absolute atomic E-state index is 10.8. The van der Waals surface area contributed by atoms with Crippen LogP contribution in [0.1, 0.15) is 18.4 Å². The molecule has 0 heterocycles. The summed E-state index contributed by atoms with van der Waals surface area (Å²) < 4.78 is 0. The number of hydrogen-bond acceptors (Lipinski definition) is 3. The summed E-state index contributed by atoms with van der Waals surface area (Å²) in [6, 6.07) is 10.5. The van der Waals surface area contributed by atoms with Crippen LogP contribution >= 0.6 is 12.6 Å². The van der Waals surface area contributed by atoms with Gasteiger partial charge in [-0.25, -0.2) is 0 Å². The molecule has 0 aliphatic heterocycles. The first-order valence-electron chi connectivity index (χ1n) is 6.70. The minimum Gasteiger partial charge on any atom is -0.302 e. The van der Waals surface area contributed by atoms with Crippen molar-refractivity contribution in [3.05, 3.63) is 35.9 Å². The second-order valence-electron chi connectivity index (χ2n) is 5.06. The maximum Gasteiger partial charge on any atom is 0.199 e. The molecule has 1 rings (SSSR count). The van der Waals surface area contributed by atoms with E-state index in [4.69, 9.17) is 0 Å². The fourth-order valence-corrected chi connectivity index (χ4v) is 2.29. The van der Waals surface area contributed by atoms with Gasteiger partial charge in [0.1, 0.15) is 0 Å². The van der Waals surface area contributed by atoms with Gasteiger partial charge in [0.2, 0.25) is 0 Å². The van der Waals surface area contributed by atoms with Crippen LogP contribution in [0.15, 0.2) is 30.3 Å². The third kappa shape index (κ3) is 8.03. The molecule has 0 bridgehead atoms. The quantitative estimate of drug-likeness (QED) is 0.554. The molecule has 0 saturated carbocycles. The van der Waals surface area contributed by atoms with Crippen LogP contribution in [0.25, 0.3) is 0 Å². The molecular weight excluding hydrogens is 256 g/mol. The fraction of sp³-hybridized carbons (Fsp3) is 0.533. The number of hydrogen-bond donors (Lipinski definition) is 1. The van der Waals surface area contributed by atoms with Crippen LogP contribution in [0.2, 0.25) is 0 Å². The van der Waals surface area contributed by atoms with Gasteiger partial charge in [0, 0.05) is 6.54 Å². The van der Waals surface area contributed by atoms with Crippen molar-refractivity contribution in [1.82, 2.24) is 9.80 Å². The van der Waals surface area contributed by atoms with Gasteiger partial charge in [0.05, 0.1) is 6.54 Å². The molecule has 0 spiro atoms. The Kier molecular flexibility index (Phi) is 7.79. The van der Waals surface area contributed by atoms with Crippen LogP contribution in [0, 0.1) is 0 Å². The minimum absolute atomic E-state index is 0.0660. The van der Waals surface area contributed by atoms with Crippen molar-refractivity contribution in [1.29, 1.82) is 0 Å². The van der Waals surface area contributed by atoms with E-state index in [9.17, 15) is 4.79 Å². The number of thiol groups is 1. The Balaban J connectivity index is 2.10. The molecule has 0 aliphatic carbocycles. The summed E-state index contributed by atoms with van der Waals surface area (Å²) in [5, 5.41) is -0.0660. The van der Waals surface area contributed by atoms with E-state index in [1.54, 1.807) is 0 Å². The van der Waals surface area contributed by atoms with Crippen molar-refractivity contribution in [3.8, 4) is 0 Å². The molecule has 0 fully saturated rings. The molecule has 1 aromatic rings. The van der Waals surface area contributed by atoms with E-state index in [1.807, 2.05) is 18.0 Å². The molecule has 0 aromatic heterocycles. The lowest BCUT2D eigenvalue weighted by atomic mass is 10.2. The Bertz CT molecular complexity index is 370. The number of benzene rings is 1. The zero-order valence-corrected chi connectivity index (χ0v) is 12.8. The first-order valence-corrected chi connectivity index (χ1v) is 7.15. The molecule has 0 radical (unpaired) electrons. The summed E-state index contributed by atoms with van der Waals surface area (Å²) in [6.45, 7) is 3.46. The Morgan fingerprint density at radius 3 is 2.21 bits per heavy atom. The first kappa shape index (κ1) is 16.2. The van der Waals surface area contributed by atoms with Gasteiger partial charge in [-0.3, -0.25) is 9.69 Å². The van der Waals surface area contributed by atoms with Crippen LogP contribution in [-0.2, 0) is 11.3 Å². The summed E-state index contributed by atoms with van der Waals surface area (Å²) >= 11 is 3.78. The van der Waals surface area contributed by atoms with E-state index in [0.717, 1.165) is 32.5 Å². The zero-order valence-electron chi connectivity index (χ0n) is 11.9. The van der Waals surface area contributed by atoms with Gasteiger partial charge in [-0.1, -0.05) is 30.3 Å². The number of unbranched alkanes of at least 4 members (excludes halogenated alkanes) is 1. The lowest BCUT2D eigenvalue weighted by Crippen LogP contribution is -2.26. The minimum atomic E-state index is -0.0660. The lowest BCUT2D eigenvalue weighted by molar-refractivity contribution is -0.111. The number of likely N-dealkylation sites (N-methyl/N-ethyl adjacent to an activating group) is 1. The zero-order chi connectivity index (χ0) is 14.1. The Morgan fingerprint density at radius 2 is 1.63 bits per heavy atom. The highest BCUT2D eigenvalue weighted by molar-refractivity contribution is 7.96. The SMILES string of the molecule is CN(CCCCN(C)Cc1ccccc1)CC(=O)S. The molecule has 3 nitrogen and oxygen atoms in total. The molecule has 4 heteroatoms. The van der Waals surface area contributed by atoms with Crippen LogP contribution in [0.5, 0.6) is 0 Å². The Labute approximate surface area is 122 Å². The average Bonchev–Trinajstić information content (AvgIpc) is 2.35. The number of nitrogens with zero attached hydrogens (tertiary/aromatic N) is 2. The third-order valence-electron chi connectivity index (χ3n) is 3.03. The number of carbonyl (C=O) groups excluding carboxylic acids is 1. The summed E-state index contributed by atoms with van der Waals surface area (Å²) in [4.78, 5) is 15.2. The average molecular weight is 280 g/mol. The smallest absolute Gasteiger partial charge is 0.199 e. The third-order valence-corrected chi connectivity index (χ3v) is 3.17. The fourth-order valence-electron chi connectivity index (χ4n) is 2.05. The maximum atomic E-state index is 10.8. The van der Waals surface area contributed by atoms with Gasteiger partial charge in [-0.15, -0.1) is 12.6 Å². The van der Waals surface area contributed by atoms with Gasteiger partial charge in [-0.05, 0) is 45.6 Å². The Hall–Kier alpha value is -0.840. The summed E-state index contributed by atoms with van der Waals surface area (Å²) in [5.74, 6) is 0. The van der Waals surface area contributed by atoms with Gasteiger partial charge in [-0.2, -0.15) is 0 Å². The standard InChI is InChI=1S/C15H24N2OS/c1-16(12-14-8-4-3-5-9-14)10-6-7-11-17(2)13-15(18)19/h3-5,8-9H,6-7,10-13H2,1-2H3,(H,18,19). The van der Waals surface area contributed by atoms with Crippen LogP contribution in [0.4, 0.5) is 0 Å². The van der Waals surface area contributed by atoms with Crippen LogP contribution in [-0.4, -0.2) is 48.6 Å². The summed E-state index contributed by atoms with van der Waals surface area (Å²) in [6.07, 6.45) is 2.26. The summed E-state index contributed by atoms with van der Waals surface area (Å²) in [7, 11) is 4.11. The van der Waals surface area contributed by atoms with Crippen molar-refractivity contribution in [2.45, 2.75) is 19.4 Å². The highest BCUT2D eigenvalue weighted by atomic mass is 32.1. The molecule has 0 unspecified atom stereocenters. The lowest BCUT2D eigenvalue weighted by Gasteiger charge is -2.18. The van der Waals surface area contributed by atoms with E-state index >= 15 is 0 Å². The van der Waals surface area contributed by atoms with Crippen molar-refractivity contribution in [3.63, 3.8) is 0 Å². The molecule has 1 aromatic carbocycles. The monoisotopic (exact) mass is 280 g/mol. The molecule has 0 saturated heterocycles. The number of rotatable bonds is 9. The molecule has 0 amide bonds. The second kappa shape index (κ2) is 9.13. The highest BCUT2D eigenvalue weighted by Gasteiger charge is 2.03. The van der Waals surface area contributed by atoms with Crippen molar-refractivity contribution in [2.75, 3.05) is 33.7 Å². The Morgan fingerprint density at radius 1 is 1.05 bits per heavy atom. The van der Waals surface area contributed by atoms with E-state index < -0.39 is 0 Å². The van der Waals surface area contributed by atoms with Crippen LogP contribution < -0.4 is 0 Å². The van der Waals surface area contributed by atoms with Gasteiger partial charge in [0.15, 0.2) is 5.12 Å². The molecule has 0 aliphatic rings. The normalized spacial score (nSPS) is 11.2. The summed E-state index contributed by atoms with van der Waals surface area (Å²) in [5.41, 5.74) is 1.35. The van der Waals surface area contributed by atoms with Crippen molar-refractivity contribution < 1.29 is 4.79 Å². The van der Waals surface area contributed by atoms with E-state index in [-0.39, 0.29) is 5.12 Å². The van der Waals surface area contributed by atoms with E-state index in [2.05, 4.69) is 48.8 Å². The predicted molar refractivity (Wildman–Crippen MR) is 83.5 cm³/mol. The van der Waals surface area contributed by atoms with E-state index in [0.29, 0.717) is 6.54 Å². The van der Waals surface area contributed by atoms with E-state index in [1.165, 1.54) is 5.56 Å². The van der Waals surface area contributed by atoms with Crippen LogP contribution in [0.3, 0.4) is 0 Å². The second-order valence-corrected chi connectivity index (χ2v) is 5.56. The van der Waals surface area contributed by atoms with Gasteiger partial charge >= 0.3 is 0 Å². The highest BCUT2D eigenvalue weighted by Crippen LogP contribution is 2.04. The van der Waals surface area contributed by atoms with Gasteiger partial charge in [0.25, 0.3) is 0 Å². The molecular formula is C15H24N2OS. The number of carbonyl (C=O) groups is 1. The van der Waals surface area contributed by atoms with Gasteiger partial charge < -0.3 is 4.90 Å².